The topological polar surface area (TPSA) is 21.3 Å². The molecule has 0 amide bonds. The van der Waals surface area contributed by atoms with Gasteiger partial charge < -0.3 is 10.1 Å². The number of para-hydroxylation sites is 1. The van der Waals surface area contributed by atoms with Crippen LogP contribution in [0.5, 0.6) is 5.75 Å². The molecule has 0 aliphatic carbocycles. The van der Waals surface area contributed by atoms with Crippen LogP contribution in [-0.4, -0.2) is 6.61 Å². The van der Waals surface area contributed by atoms with Crippen LogP contribution in [-0.2, 0) is 0 Å². The van der Waals surface area contributed by atoms with Gasteiger partial charge in [-0.2, -0.15) is 0 Å². The van der Waals surface area contributed by atoms with Crippen molar-refractivity contribution in [2.24, 2.45) is 0 Å². The van der Waals surface area contributed by atoms with Gasteiger partial charge in [-0.15, -0.1) is 0 Å². The molecule has 0 radical (unpaired) electrons. The fourth-order valence-electron chi connectivity index (χ4n) is 2.29. The second-order valence-corrected chi connectivity index (χ2v) is 4.93. The largest absolute Gasteiger partial charge is 0.493 e. The third-order valence-electron chi connectivity index (χ3n) is 3.22. The van der Waals surface area contributed by atoms with E-state index in [0.29, 0.717) is 17.3 Å². The molecule has 4 heteroatoms. The van der Waals surface area contributed by atoms with E-state index in [4.69, 9.17) is 16.3 Å². The van der Waals surface area contributed by atoms with Crippen LogP contribution in [0.15, 0.2) is 42.5 Å². The lowest BCUT2D eigenvalue weighted by Gasteiger charge is -2.27. The van der Waals surface area contributed by atoms with Gasteiger partial charge in [0.1, 0.15) is 11.6 Å². The highest BCUT2D eigenvalue weighted by atomic mass is 35.5. The fraction of sp³-hybridized carbons (Fsp3) is 0.200. The van der Waals surface area contributed by atoms with Crippen molar-refractivity contribution < 1.29 is 9.13 Å². The summed E-state index contributed by atoms with van der Waals surface area (Å²) < 4.78 is 19.4. The summed E-state index contributed by atoms with van der Waals surface area (Å²) in [6.07, 6.45) is 0.805. The SMILES string of the molecule is Fc1cc(Cl)ccc1NC1CCOc2ccccc21. The van der Waals surface area contributed by atoms with Crippen molar-refractivity contribution in [3.05, 3.63) is 58.9 Å². The first-order valence-corrected chi connectivity index (χ1v) is 6.55. The molecule has 2 aromatic rings. The lowest BCUT2D eigenvalue weighted by molar-refractivity contribution is 0.274. The lowest BCUT2D eigenvalue weighted by atomic mass is 10.0. The van der Waals surface area contributed by atoms with Crippen LogP contribution >= 0.6 is 11.6 Å². The molecule has 1 unspecified atom stereocenters. The molecule has 2 nitrogen and oxygen atoms in total. The van der Waals surface area contributed by atoms with Gasteiger partial charge >= 0.3 is 0 Å². The van der Waals surface area contributed by atoms with E-state index in [-0.39, 0.29) is 11.9 Å². The van der Waals surface area contributed by atoms with Crippen molar-refractivity contribution in [2.45, 2.75) is 12.5 Å². The van der Waals surface area contributed by atoms with Crippen LogP contribution in [0.2, 0.25) is 5.02 Å². The predicted molar refractivity (Wildman–Crippen MR) is 74.3 cm³/mol. The van der Waals surface area contributed by atoms with Crippen LogP contribution in [0, 0.1) is 5.82 Å². The van der Waals surface area contributed by atoms with Gasteiger partial charge in [-0.05, 0) is 24.3 Å². The van der Waals surface area contributed by atoms with Crippen molar-refractivity contribution >= 4 is 17.3 Å². The predicted octanol–water partition coefficient (Wildman–Crippen LogP) is 4.41. The number of rotatable bonds is 2. The number of anilines is 1. The van der Waals surface area contributed by atoms with E-state index in [2.05, 4.69) is 5.32 Å². The van der Waals surface area contributed by atoms with Crippen molar-refractivity contribution in [1.82, 2.24) is 0 Å². The van der Waals surface area contributed by atoms with E-state index in [1.165, 1.54) is 6.07 Å². The van der Waals surface area contributed by atoms with Crippen molar-refractivity contribution in [3.63, 3.8) is 0 Å². The Morgan fingerprint density at radius 1 is 1.21 bits per heavy atom. The molecule has 2 aromatic carbocycles. The Hall–Kier alpha value is -1.74. The van der Waals surface area contributed by atoms with E-state index in [9.17, 15) is 4.39 Å². The Labute approximate surface area is 116 Å². The summed E-state index contributed by atoms with van der Waals surface area (Å²) >= 11 is 5.75. The quantitative estimate of drug-likeness (QED) is 0.878. The number of fused-ring (bicyclic) bond motifs is 1. The summed E-state index contributed by atoms with van der Waals surface area (Å²) in [4.78, 5) is 0. The molecule has 19 heavy (non-hydrogen) atoms. The van der Waals surface area contributed by atoms with E-state index in [1.54, 1.807) is 12.1 Å². The molecule has 1 N–H and O–H groups in total. The minimum atomic E-state index is -0.337. The number of benzene rings is 2. The maximum Gasteiger partial charge on any atom is 0.147 e. The summed E-state index contributed by atoms with van der Waals surface area (Å²) in [5, 5.41) is 3.62. The molecular formula is C15H13ClFNO. The highest BCUT2D eigenvalue weighted by Crippen LogP contribution is 2.34. The fourth-order valence-corrected chi connectivity index (χ4v) is 2.45. The Morgan fingerprint density at radius 2 is 2.05 bits per heavy atom. The zero-order chi connectivity index (χ0) is 13.2. The van der Waals surface area contributed by atoms with E-state index in [0.717, 1.165) is 17.7 Å². The number of ether oxygens (including phenoxy) is 1. The number of nitrogens with one attached hydrogen (secondary N) is 1. The Kier molecular flexibility index (Phi) is 3.30. The number of hydrogen-bond donors (Lipinski definition) is 1. The van der Waals surface area contributed by atoms with Crippen molar-refractivity contribution in [2.75, 3.05) is 11.9 Å². The maximum absolute atomic E-state index is 13.8. The second-order valence-electron chi connectivity index (χ2n) is 4.50. The van der Waals surface area contributed by atoms with E-state index < -0.39 is 0 Å². The summed E-state index contributed by atoms with van der Waals surface area (Å²) in [6.45, 7) is 0.629. The van der Waals surface area contributed by atoms with Gasteiger partial charge in [-0.25, -0.2) is 4.39 Å². The Balaban J connectivity index is 1.88. The van der Waals surface area contributed by atoms with E-state index >= 15 is 0 Å². The molecule has 1 aliphatic rings. The molecule has 1 atom stereocenters. The lowest BCUT2D eigenvalue weighted by Crippen LogP contribution is -2.20. The second kappa shape index (κ2) is 5.10. The molecule has 1 aliphatic heterocycles. The Bertz CT molecular complexity index is 602. The molecule has 0 spiro atoms. The molecule has 3 rings (SSSR count). The van der Waals surface area contributed by atoms with Gasteiger partial charge in [-0.3, -0.25) is 0 Å². The van der Waals surface area contributed by atoms with Gasteiger partial charge in [0.2, 0.25) is 0 Å². The first-order valence-electron chi connectivity index (χ1n) is 6.17. The molecule has 0 aromatic heterocycles. The number of hydrogen-bond acceptors (Lipinski definition) is 2. The average molecular weight is 278 g/mol. The van der Waals surface area contributed by atoms with Gasteiger partial charge in [0.15, 0.2) is 0 Å². The summed E-state index contributed by atoms with van der Waals surface area (Å²) in [6, 6.07) is 12.5. The monoisotopic (exact) mass is 277 g/mol. The zero-order valence-corrected chi connectivity index (χ0v) is 11.0. The summed E-state index contributed by atoms with van der Waals surface area (Å²) in [5.41, 5.74) is 1.52. The van der Waals surface area contributed by atoms with Gasteiger partial charge in [0, 0.05) is 17.0 Å². The van der Waals surface area contributed by atoms with Crippen LogP contribution < -0.4 is 10.1 Å². The molecule has 98 valence electrons. The van der Waals surface area contributed by atoms with Crippen LogP contribution in [0.3, 0.4) is 0 Å². The maximum atomic E-state index is 13.8. The number of halogens is 2. The molecule has 0 fully saturated rings. The first kappa shape index (κ1) is 12.3. The van der Waals surface area contributed by atoms with Crippen LogP contribution in [0.1, 0.15) is 18.0 Å². The average Bonchev–Trinajstić information content (AvgIpc) is 2.42. The standard InChI is InChI=1S/C15H13ClFNO/c16-10-5-6-14(12(17)9-10)18-13-7-8-19-15-4-2-1-3-11(13)15/h1-6,9,13,18H,7-8H2. The summed E-state index contributed by atoms with van der Waals surface area (Å²) in [5.74, 6) is 0.525. The third-order valence-corrected chi connectivity index (χ3v) is 3.45. The minimum absolute atomic E-state index is 0.0561. The van der Waals surface area contributed by atoms with Gasteiger partial charge in [0.05, 0.1) is 18.3 Å². The van der Waals surface area contributed by atoms with Crippen LogP contribution in [0.4, 0.5) is 10.1 Å². The van der Waals surface area contributed by atoms with Crippen LogP contribution in [0.25, 0.3) is 0 Å². The highest BCUT2D eigenvalue weighted by Gasteiger charge is 2.21. The summed E-state index contributed by atoms with van der Waals surface area (Å²) in [7, 11) is 0. The molecule has 0 bridgehead atoms. The molecule has 1 heterocycles. The third kappa shape index (κ3) is 2.51. The molecule has 0 saturated carbocycles. The normalized spacial score (nSPS) is 17.5. The zero-order valence-electron chi connectivity index (χ0n) is 10.2. The van der Waals surface area contributed by atoms with Crippen molar-refractivity contribution in [3.8, 4) is 5.75 Å². The minimum Gasteiger partial charge on any atom is -0.493 e. The van der Waals surface area contributed by atoms with Gasteiger partial charge in [-0.1, -0.05) is 29.8 Å². The van der Waals surface area contributed by atoms with Gasteiger partial charge in [0.25, 0.3) is 0 Å². The Morgan fingerprint density at radius 3 is 2.89 bits per heavy atom. The molecule has 0 saturated heterocycles. The van der Waals surface area contributed by atoms with E-state index in [1.807, 2.05) is 24.3 Å². The highest BCUT2D eigenvalue weighted by molar-refractivity contribution is 6.30. The first-order chi connectivity index (χ1) is 9.24. The molecular weight excluding hydrogens is 265 g/mol. The van der Waals surface area contributed by atoms with Crippen molar-refractivity contribution in [1.29, 1.82) is 0 Å². The smallest absolute Gasteiger partial charge is 0.147 e.